The van der Waals surface area contributed by atoms with Gasteiger partial charge < -0.3 is 5.32 Å². The molecule has 0 aliphatic carbocycles. The van der Waals surface area contributed by atoms with E-state index in [9.17, 15) is 0 Å². The molecule has 0 bridgehead atoms. The smallest absolute Gasteiger partial charge is 0.0403 e. The van der Waals surface area contributed by atoms with Crippen molar-refractivity contribution in [3.05, 3.63) is 64.7 Å². The molecular weight excluding hydrogens is 206 g/mol. The van der Waals surface area contributed by atoms with E-state index in [0.717, 1.165) is 6.54 Å². The Labute approximate surface area is 103 Å². The lowest BCUT2D eigenvalue weighted by molar-refractivity contribution is 1.11. The number of rotatable bonds is 3. The molecule has 2 aromatic carbocycles. The molecule has 17 heavy (non-hydrogen) atoms. The van der Waals surface area contributed by atoms with E-state index >= 15 is 0 Å². The second-order valence-electron chi connectivity index (χ2n) is 4.60. The second-order valence-corrected chi connectivity index (χ2v) is 4.60. The minimum absolute atomic E-state index is 0.885. The molecule has 2 rings (SSSR count). The van der Waals surface area contributed by atoms with E-state index in [4.69, 9.17) is 0 Å². The predicted molar refractivity (Wildman–Crippen MR) is 74.4 cm³/mol. The van der Waals surface area contributed by atoms with Crippen LogP contribution in [-0.4, -0.2) is 0 Å². The van der Waals surface area contributed by atoms with Crippen LogP contribution in [0.15, 0.2) is 42.5 Å². The third kappa shape index (κ3) is 2.88. The third-order valence-electron chi connectivity index (χ3n) is 3.11. The molecule has 1 N–H and O–H groups in total. The van der Waals surface area contributed by atoms with Crippen molar-refractivity contribution in [3.8, 4) is 0 Å². The molecule has 0 aliphatic heterocycles. The van der Waals surface area contributed by atoms with E-state index in [0.29, 0.717) is 0 Å². The van der Waals surface area contributed by atoms with Crippen LogP contribution in [0, 0.1) is 20.8 Å². The van der Waals surface area contributed by atoms with Crippen LogP contribution in [0.4, 0.5) is 5.69 Å². The molecule has 0 radical (unpaired) electrons. The average molecular weight is 225 g/mol. The summed E-state index contributed by atoms with van der Waals surface area (Å²) >= 11 is 0. The summed E-state index contributed by atoms with van der Waals surface area (Å²) in [6, 6.07) is 15.0. The molecule has 0 atom stereocenters. The van der Waals surface area contributed by atoms with Gasteiger partial charge in [0.25, 0.3) is 0 Å². The van der Waals surface area contributed by atoms with Crippen LogP contribution in [0.3, 0.4) is 0 Å². The van der Waals surface area contributed by atoms with Crippen LogP contribution < -0.4 is 5.32 Å². The Morgan fingerprint density at radius 2 is 1.65 bits per heavy atom. The molecule has 1 nitrogen and oxygen atoms in total. The first kappa shape index (κ1) is 11.7. The standard InChI is InChI=1S/C16H19N/c1-12-8-9-16(14(3)10-12)17-11-15-7-5-4-6-13(15)2/h4-10,17H,11H2,1-3H3. The SMILES string of the molecule is Cc1ccc(NCc2ccccc2C)c(C)c1. The zero-order valence-corrected chi connectivity index (χ0v) is 10.7. The summed E-state index contributed by atoms with van der Waals surface area (Å²) in [5.74, 6) is 0. The predicted octanol–water partition coefficient (Wildman–Crippen LogP) is 4.22. The Balaban J connectivity index is 2.10. The van der Waals surface area contributed by atoms with Crippen molar-refractivity contribution >= 4 is 5.69 Å². The zero-order valence-electron chi connectivity index (χ0n) is 10.7. The molecule has 0 saturated heterocycles. The van der Waals surface area contributed by atoms with E-state index in [-0.39, 0.29) is 0 Å². The molecule has 0 aliphatic rings. The number of aryl methyl sites for hydroxylation is 3. The first-order chi connectivity index (χ1) is 8.16. The van der Waals surface area contributed by atoms with E-state index < -0.39 is 0 Å². The molecule has 0 saturated carbocycles. The topological polar surface area (TPSA) is 12.0 Å². The Morgan fingerprint density at radius 1 is 0.882 bits per heavy atom. The number of nitrogens with one attached hydrogen (secondary N) is 1. The van der Waals surface area contributed by atoms with Gasteiger partial charge in [0.05, 0.1) is 0 Å². The van der Waals surface area contributed by atoms with Crippen LogP contribution in [0.5, 0.6) is 0 Å². The molecule has 0 spiro atoms. The number of benzene rings is 2. The van der Waals surface area contributed by atoms with Gasteiger partial charge in [0, 0.05) is 12.2 Å². The van der Waals surface area contributed by atoms with E-state index in [1.807, 2.05) is 0 Å². The van der Waals surface area contributed by atoms with Crippen molar-refractivity contribution in [1.29, 1.82) is 0 Å². The van der Waals surface area contributed by atoms with E-state index in [1.54, 1.807) is 0 Å². The molecule has 2 aromatic rings. The van der Waals surface area contributed by atoms with Gasteiger partial charge >= 0.3 is 0 Å². The minimum Gasteiger partial charge on any atom is -0.381 e. The molecule has 0 unspecified atom stereocenters. The fraction of sp³-hybridized carbons (Fsp3) is 0.250. The average Bonchev–Trinajstić information content (AvgIpc) is 2.30. The van der Waals surface area contributed by atoms with Crippen molar-refractivity contribution in [3.63, 3.8) is 0 Å². The number of anilines is 1. The van der Waals surface area contributed by atoms with Crippen LogP contribution in [0.25, 0.3) is 0 Å². The molecule has 1 heteroatoms. The van der Waals surface area contributed by atoms with Gasteiger partial charge in [0.1, 0.15) is 0 Å². The molecule has 0 amide bonds. The minimum atomic E-state index is 0.885. The van der Waals surface area contributed by atoms with Crippen LogP contribution in [0.2, 0.25) is 0 Å². The number of hydrogen-bond acceptors (Lipinski definition) is 1. The summed E-state index contributed by atoms with van der Waals surface area (Å²) in [6.45, 7) is 7.31. The molecule has 88 valence electrons. The number of hydrogen-bond donors (Lipinski definition) is 1. The highest BCUT2D eigenvalue weighted by Crippen LogP contribution is 2.17. The summed E-state index contributed by atoms with van der Waals surface area (Å²) in [5.41, 5.74) is 6.53. The van der Waals surface area contributed by atoms with Gasteiger partial charge in [-0.1, -0.05) is 42.0 Å². The fourth-order valence-electron chi connectivity index (χ4n) is 2.01. The lowest BCUT2D eigenvalue weighted by Crippen LogP contribution is -2.02. The van der Waals surface area contributed by atoms with E-state index in [1.165, 1.54) is 27.9 Å². The Hall–Kier alpha value is -1.76. The van der Waals surface area contributed by atoms with Crippen molar-refractivity contribution in [1.82, 2.24) is 0 Å². The largest absolute Gasteiger partial charge is 0.381 e. The lowest BCUT2D eigenvalue weighted by atomic mass is 10.1. The quantitative estimate of drug-likeness (QED) is 0.824. The summed E-state index contributed by atoms with van der Waals surface area (Å²) in [4.78, 5) is 0. The van der Waals surface area contributed by atoms with Gasteiger partial charge in [-0.2, -0.15) is 0 Å². The highest BCUT2D eigenvalue weighted by Gasteiger charge is 2.00. The summed E-state index contributed by atoms with van der Waals surface area (Å²) in [7, 11) is 0. The van der Waals surface area contributed by atoms with Crippen LogP contribution in [0.1, 0.15) is 22.3 Å². The molecule has 0 fully saturated rings. The maximum absolute atomic E-state index is 3.50. The highest BCUT2D eigenvalue weighted by molar-refractivity contribution is 5.52. The van der Waals surface area contributed by atoms with Gasteiger partial charge in [-0.15, -0.1) is 0 Å². The van der Waals surface area contributed by atoms with Crippen molar-refractivity contribution in [2.45, 2.75) is 27.3 Å². The molecular formula is C16H19N. The maximum Gasteiger partial charge on any atom is 0.0403 e. The van der Waals surface area contributed by atoms with Gasteiger partial charge in [-0.05, 0) is 43.5 Å². The zero-order chi connectivity index (χ0) is 12.3. The Bertz CT molecular complexity index is 515. The summed E-state index contributed by atoms with van der Waals surface area (Å²) in [5, 5.41) is 3.50. The monoisotopic (exact) mass is 225 g/mol. The maximum atomic E-state index is 3.50. The highest BCUT2D eigenvalue weighted by atomic mass is 14.9. The fourth-order valence-corrected chi connectivity index (χ4v) is 2.01. The lowest BCUT2D eigenvalue weighted by Gasteiger charge is -2.11. The molecule has 0 heterocycles. The van der Waals surface area contributed by atoms with Crippen molar-refractivity contribution in [2.24, 2.45) is 0 Å². The summed E-state index contributed by atoms with van der Waals surface area (Å²) < 4.78 is 0. The Kier molecular flexibility index (Phi) is 3.48. The van der Waals surface area contributed by atoms with Gasteiger partial charge in [-0.3, -0.25) is 0 Å². The van der Waals surface area contributed by atoms with E-state index in [2.05, 4.69) is 68.6 Å². The van der Waals surface area contributed by atoms with Gasteiger partial charge in [0.15, 0.2) is 0 Å². The first-order valence-electron chi connectivity index (χ1n) is 6.02. The second kappa shape index (κ2) is 5.05. The van der Waals surface area contributed by atoms with Crippen LogP contribution >= 0.6 is 0 Å². The van der Waals surface area contributed by atoms with Crippen molar-refractivity contribution < 1.29 is 0 Å². The first-order valence-corrected chi connectivity index (χ1v) is 6.02. The molecule has 0 aromatic heterocycles. The normalized spacial score (nSPS) is 10.3. The van der Waals surface area contributed by atoms with Gasteiger partial charge in [-0.25, -0.2) is 0 Å². The Morgan fingerprint density at radius 3 is 2.35 bits per heavy atom. The van der Waals surface area contributed by atoms with Crippen molar-refractivity contribution in [2.75, 3.05) is 5.32 Å². The third-order valence-corrected chi connectivity index (χ3v) is 3.11. The van der Waals surface area contributed by atoms with Crippen LogP contribution in [-0.2, 0) is 6.54 Å². The van der Waals surface area contributed by atoms with Gasteiger partial charge in [0.2, 0.25) is 0 Å². The summed E-state index contributed by atoms with van der Waals surface area (Å²) in [6.07, 6.45) is 0.